The van der Waals surface area contributed by atoms with Crippen molar-refractivity contribution in [1.82, 2.24) is 19.5 Å². The molecular weight excluding hydrogens is 629 g/mol. The molecule has 3 aromatic heterocycles. The Hall–Kier alpha value is -6.79. The second-order valence-electron chi connectivity index (χ2n) is 13.1. The molecule has 6 nitrogen and oxygen atoms in total. The van der Waals surface area contributed by atoms with E-state index in [9.17, 15) is 0 Å². The molecule has 6 heteroatoms. The summed E-state index contributed by atoms with van der Waals surface area (Å²) in [6, 6.07) is 49.8. The van der Waals surface area contributed by atoms with Crippen LogP contribution in [-0.4, -0.2) is 19.5 Å². The zero-order chi connectivity index (χ0) is 33.5. The van der Waals surface area contributed by atoms with Crippen LogP contribution in [0.2, 0.25) is 0 Å². The lowest BCUT2D eigenvalue weighted by Crippen LogP contribution is -2.13. The van der Waals surface area contributed by atoms with Crippen LogP contribution in [-0.2, 0) is 0 Å². The van der Waals surface area contributed by atoms with Crippen molar-refractivity contribution >= 4 is 38.9 Å². The van der Waals surface area contributed by atoms with Crippen molar-refractivity contribution in [3.8, 4) is 45.6 Å². The van der Waals surface area contributed by atoms with Crippen LogP contribution in [0.3, 0.4) is 0 Å². The summed E-state index contributed by atoms with van der Waals surface area (Å²) < 4.78 is 15.3. The van der Waals surface area contributed by atoms with E-state index in [1.165, 1.54) is 16.5 Å². The van der Waals surface area contributed by atoms with Gasteiger partial charge in [0.15, 0.2) is 17.5 Å². The van der Waals surface area contributed by atoms with Gasteiger partial charge in [-0.05, 0) is 66.7 Å². The Morgan fingerprint density at radius 1 is 0.529 bits per heavy atom. The quantitative estimate of drug-likeness (QED) is 0.189. The minimum Gasteiger partial charge on any atom is -0.484 e. The standard InChI is InChI=1S/C45H28N4O2/c1-3-11-27(12-4-1)43-46-44(28-19-23-39-34(25-28)31-15-8-10-18-38(31)50-39)48-45(47-43)29-20-24-40-35(26-29)32-21-22-37-41(42(32)51-40)33-16-7-9-17-36(33)49(37)30-13-5-2-6-14-30/h1-26,32,42H. The van der Waals surface area contributed by atoms with Gasteiger partial charge in [0.25, 0.3) is 0 Å². The molecule has 2 unspecified atom stereocenters. The summed E-state index contributed by atoms with van der Waals surface area (Å²) in [6.07, 6.45) is 4.41. The molecule has 6 aromatic carbocycles. The first-order valence-corrected chi connectivity index (χ1v) is 17.2. The van der Waals surface area contributed by atoms with Gasteiger partial charge in [-0.3, -0.25) is 0 Å². The molecule has 9 aromatic rings. The number of nitrogens with zero attached hydrogens (tertiary/aromatic N) is 4. The second-order valence-corrected chi connectivity index (χ2v) is 13.1. The number of para-hydroxylation sites is 3. The molecule has 0 spiro atoms. The summed E-state index contributed by atoms with van der Waals surface area (Å²) >= 11 is 0. The smallest absolute Gasteiger partial charge is 0.164 e. The van der Waals surface area contributed by atoms with E-state index in [1.54, 1.807) is 0 Å². The molecule has 11 rings (SSSR count). The fourth-order valence-electron chi connectivity index (χ4n) is 7.89. The van der Waals surface area contributed by atoms with Crippen molar-refractivity contribution in [3.05, 3.63) is 168 Å². The van der Waals surface area contributed by atoms with Crippen LogP contribution in [0.25, 0.3) is 78.8 Å². The Morgan fingerprint density at radius 3 is 2.00 bits per heavy atom. The van der Waals surface area contributed by atoms with Gasteiger partial charge >= 0.3 is 0 Å². The van der Waals surface area contributed by atoms with Gasteiger partial charge < -0.3 is 13.7 Å². The molecule has 0 saturated carbocycles. The SMILES string of the molecule is C1=CC2c3cc(-c4nc(-c5ccccc5)nc(-c5ccc6oc7ccccc7c6c5)n4)ccc3OC2c2c1n(-c1ccccc1)c1ccccc21. The summed E-state index contributed by atoms with van der Waals surface area (Å²) in [5.41, 5.74) is 10.3. The van der Waals surface area contributed by atoms with Gasteiger partial charge in [0.2, 0.25) is 0 Å². The van der Waals surface area contributed by atoms with Gasteiger partial charge in [-0.25, -0.2) is 15.0 Å². The number of benzene rings is 6. The molecule has 240 valence electrons. The molecule has 0 saturated heterocycles. The molecule has 0 N–H and O–H groups in total. The number of hydrogen-bond acceptors (Lipinski definition) is 5. The van der Waals surface area contributed by atoms with Crippen molar-refractivity contribution in [1.29, 1.82) is 0 Å². The van der Waals surface area contributed by atoms with Crippen LogP contribution >= 0.6 is 0 Å². The number of fused-ring (bicyclic) bond motifs is 10. The second kappa shape index (κ2) is 10.9. The van der Waals surface area contributed by atoms with Crippen molar-refractivity contribution in [2.24, 2.45) is 0 Å². The topological polar surface area (TPSA) is 66.0 Å². The lowest BCUT2D eigenvalue weighted by Gasteiger charge is -2.22. The van der Waals surface area contributed by atoms with Gasteiger partial charge in [-0.15, -0.1) is 0 Å². The summed E-state index contributed by atoms with van der Waals surface area (Å²) in [5.74, 6) is 2.78. The fraction of sp³-hybridized carbons (Fsp3) is 0.0444. The Morgan fingerprint density at radius 2 is 1.18 bits per heavy atom. The predicted octanol–water partition coefficient (Wildman–Crippen LogP) is 11.0. The predicted molar refractivity (Wildman–Crippen MR) is 202 cm³/mol. The summed E-state index contributed by atoms with van der Waals surface area (Å²) in [6.45, 7) is 0. The molecule has 51 heavy (non-hydrogen) atoms. The third kappa shape index (κ3) is 4.33. The van der Waals surface area contributed by atoms with Crippen LogP contribution in [0.1, 0.15) is 28.8 Å². The van der Waals surface area contributed by atoms with E-state index < -0.39 is 0 Å². The maximum Gasteiger partial charge on any atom is 0.164 e. The van der Waals surface area contributed by atoms with Crippen LogP contribution in [0.5, 0.6) is 5.75 Å². The molecule has 0 amide bonds. The molecule has 0 radical (unpaired) electrons. The Kier molecular flexibility index (Phi) is 5.98. The maximum atomic E-state index is 6.81. The molecular formula is C45H28N4O2. The van der Waals surface area contributed by atoms with Crippen molar-refractivity contribution in [2.75, 3.05) is 0 Å². The lowest BCUT2D eigenvalue weighted by molar-refractivity contribution is 0.224. The highest BCUT2D eigenvalue weighted by atomic mass is 16.5. The lowest BCUT2D eigenvalue weighted by atomic mass is 9.85. The Labute approximate surface area is 293 Å². The van der Waals surface area contributed by atoms with Crippen LogP contribution in [0.4, 0.5) is 0 Å². The Balaban J connectivity index is 1.04. The van der Waals surface area contributed by atoms with Crippen molar-refractivity contribution in [2.45, 2.75) is 12.0 Å². The first-order valence-electron chi connectivity index (χ1n) is 17.2. The van der Waals surface area contributed by atoms with Crippen LogP contribution in [0, 0.1) is 0 Å². The van der Waals surface area contributed by atoms with Gasteiger partial charge in [-0.1, -0.05) is 91.0 Å². The Bertz CT molecular complexity index is 2850. The van der Waals surface area contributed by atoms with Crippen LogP contribution < -0.4 is 4.74 Å². The molecule has 2 atom stereocenters. The van der Waals surface area contributed by atoms with Crippen molar-refractivity contribution in [3.63, 3.8) is 0 Å². The summed E-state index contributed by atoms with van der Waals surface area (Å²) in [7, 11) is 0. The number of aromatic nitrogens is 4. The van der Waals surface area contributed by atoms with E-state index >= 15 is 0 Å². The molecule has 0 bridgehead atoms. The number of hydrogen-bond donors (Lipinski definition) is 0. The summed E-state index contributed by atoms with van der Waals surface area (Å²) in [4.78, 5) is 15.1. The van der Waals surface area contributed by atoms with E-state index in [2.05, 4.69) is 102 Å². The normalized spacial score (nSPS) is 15.9. The van der Waals surface area contributed by atoms with Crippen LogP contribution in [0.15, 0.2) is 156 Å². The van der Waals surface area contributed by atoms with Gasteiger partial charge in [0, 0.05) is 55.6 Å². The number of rotatable bonds is 4. The highest BCUT2D eigenvalue weighted by Gasteiger charge is 2.40. The van der Waals surface area contributed by atoms with E-state index in [1.807, 2.05) is 60.7 Å². The number of furan rings is 1. The van der Waals surface area contributed by atoms with Gasteiger partial charge in [0.05, 0.1) is 11.2 Å². The highest BCUT2D eigenvalue weighted by Crippen LogP contribution is 2.53. The highest BCUT2D eigenvalue weighted by molar-refractivity contribution is 6.06. The van der Waals surface area contributed by atoms with E-state index in [0.29, 0.717) is 17.5 Å². The minimum atomic E-state index is -0.143. The first kappa shape index (κ1) is 28.1. The average Bonchev–Trinajstić information content (AvgIpc) is 3.87. The molecule has 2 aliphatic rings. The monoisotopic (exact) mass is 656 g/mol. The molecule has 4 heterocycles. The zero-order valence-corrected chi connectivity index (χ0v) is 27.3. The zero-order valence-electron chi connectivity index (χ0n) is 27.3. The number of ether oxygens (including phenoxy) is 1. The maximum absolute atomic E-state index is 6.81. The van der Waals surface area contributed by atoms with E-state index in [4.69, 9.17) is 24.1 Å². The third-order valence-corrected chi connectivity index (χ3v) is 10.2. The van der Waals surface area contributed by atoms with Crippen molar-refractivity contribution < 1.29 is 9.15 Å². The largest absolute Gasteiger partial charge is 0.484 e. The molecule has 0 fully saturated rings. The van der Waals surface area contributed by atoms with Gasteiger partial charge in [0.1, 0.15) is 23.0 Å². The first-order chi connectivity index (χ1) is 25.3. The van der Waals surface area contributed by atoms with E-state index in [-0.39, 0.29) is 12.0 Å². The molecule has 1 aliphatic carbocycles. The van der Waals surface area contributed by atoms with Gasteiger partial charge in [-0.2, -0.15) is 0 Å². The summed E-state index contributed by atoms with van der Waals surface area (Å²) in [5, 5.41) is 3.31. The molecule has 1 aliphatic heterocycles. The third-order valence-electron chi connectivity index (χ3n) is 10.2. The average molecular weight is 657 g/mol. The minimum absolute atomic E-state index is 0.0501. The van der Waals surface area contributed by atoms with E-state index in [0.717, 1.165) is 61.3 Å². The fourth-order valence-corrected chi connectivity index (χ4v) is 7.89.